The van der Waals surface area contributed by atoms with Crippen LogP contribution in [0.15, 0.2) is 24.3 Å². The average molecular weight is 288 g/mol. The molecule has 0 heterocycles. The first-order chi connectivity index (χ1) is 10.0. The van der Waals surface area contributed by atoms with Gasteiger partial charge in [-0.1, -0.05) is 45.0 Å². The number of hydrogen-bond donors (Lipinski definition) is 2. The van der Waals surface area contributed by atoms with Gasteiger partial charge in [0.15, 0.2) is 0 Å². The van der Waals surface area contributed by atoms with Crippen LogP contribution in [0.25, 0.3) is 0 Å². The van der Waals surface area contributed by atoms with E-state index in [1.54, 1.807) is 0 Å². The second kappa shape index (κ2) is 7.08. The number of nitrogens with one attached hydrogen (secondary N) is 1. The summed E-state index contributed by atoms with van der Waals surface area (Å²) in [5.74, 6) is 1.52. The molecule has 3 heteroatoms. The molecule has 1 aliphatic rings. The first kappa shape index (κ1) is 16.0. The van der Waals surface area contributed by atoms with Gasteiger partial charge in [-0.2, -0.15) is 0 Å². The van der Waals surface area contributed by atoms with Gasteiger partial charge >= 0.3 is 0 Å². The highest BCUT2D eigenvalue weighted by Gasteiger charge is 2.31. The Balaban J connectivity index is 1.87. The summed E-state index contributed by atoms with van der Waals surface area (Å²) >= 11 is 0. The number of nitrogens with two attached hydrogens (primary N) is 1. The van der Waals surface area contributed by atoms with E-state index >= 15 is 0 Å². The molecule has 116 valence electrons. The Kier molecular flexibility index (Phi) is 5.40. The van der Waals surface area contributed by atoms with Crippen molar-refractivity contribution in [1.29, 1.82) is 0 Å². The van der Waals surface area contributed by atoms with E-state index in [1.807, 2.05) is 0 Å². The van der Waals surface area contributed by atoms with Crippen molar-refractivity contribution in [2.45, 2.75) is 57.9 Å². The molecule has 1 aliphatic carbocycles. The molecule has 1 fully saturated rings. The molecular weight excluding hydrogens is 260 g/mol. The quantitative estimate of drug-likeness (QED) is 0.809. The van der Waals surface area contributed by atoms with Crippen LogP contribution in [0.5, 0.6) is 0 Å². The first-order valence-electron chi connectivity index (χ1n) is 8.10. The molecule has 1 saturated carbocycles. The van der Waals surface area contributed by atoms with E-state index in [-0.39, 0.29) is 17.9 Å². The smallest absolute Gasteiger partial charge is 0.220 e. The van der Waals surface area contributed by atoms with Crippen molar-refractivity contribution in [2.24, 2.45) is 11.7 Å². The number of carbonyl (C=O) groups excluding carboxylic acids is 1. The van der Waals surface area contributed by atoms with Gasteiger partial charge in [-0.25, -0.2) is 0 Å². The lowest BCUT2D eigenvalue weighted by Crippen LogP contribution is -2.42. The molecule has 2 unspecified atom stereocenters. The minimum atomic E-state index is 0.123. The molecule has 0 aromatic heterocycles. The predicted octanol–water partition coefficient (Wildman–Crippen LogP) is 3.16. The predicted molar refractivity (Wildman–Crippen MR) is 87.3 cm³/mol. The van der Waals surface area contributed by atoms with Crippen LogP contribution in [0, 0.1) is 5.92 Å². The van der Waals surface area contributed by atoms with Crippen molar-refractivity contribution < 1.29 is 4.79 Å². The second-order valence-electron chi connectivity index (χ2n) is 6.67. The molecule has 0 aliphatic heterocycles. The van der Waals surface area contributed by atoms with E-state index < -0.39 is 0 Å². The van der Waals surface area contributed by atoms with Crippen LogP contribution in [0.1, 0.15) is 63.0 Å². The van der Waals surface area contributed by atoms with Gasteiger partial charge in [0, 0.05) is 19.0 Å². The van der Waals surface area contributed by atoms with Gasteiger partial charge in [0.25, 0.3) is 0 Å². The van der Waals surface area contributed by atoms with Gasteiger partial charge in [0.1, 0.15) is 0 Å². The van der Waals surface area contributed by atoms with Crippen LogP contribution >= 0.6 is 0 Å². The maximum absolute atomic E-state index is 12.1. The third kappa shape index (κ3) is 4.57. The number of carbonyl (C=O) groups is 1. The average Bonchev–Trinajstić information content (AvgIpc) is 3.29. The zero-order valence-electron chi connectivity index (χ0n) is 13.4. The molecule has 0 saturated heterocycles. The fraction of sp³-hybridized carbons (Fsp3) is 0.611. The van der Waals surface area contributed by atoms with E-state index in [0.29, 0.717) is 24.8 Å². The SMILES string of the molecule is CC(C)c1ccc(C(C)CC(=O)NC(CN)C2CC2)cc1. The Morgan fingerprint density at radius 1 is 1.19 bits per heavy atom. The zero-order chi connectivity index (χ0) is 15.4. The van der Waals surface area contributed by atoms with Crippen LogP contribution in [-0.4, -0.2) is 18.5 Å². The van der Waals surface area contributed by atoms with Gasteiger partial charge in [-0.05, 0) is 41.7 Å². The summed E-state index contributed by atoms with van der Waals surface area (Å²) in [5, 5.41) is 3.09. The van der Waals surface area contributed by atoms with Gasteiger partial charge in [0.05, 0.1) is 0 Å². The van der Waals surface area contributed by atoms with Crippen LogP contribution < -0.4 is 11.1 Å². The van der Waals surface area contributed by atoms with E-state index in [1.165, 1.54) is 24.0 Å². The topological polar surface area (TPSA) is 55.1 Å². The summed E-state index contributed by atoms with van der Waals surface area (Å²) in [7, 11) is 0. The van der Waals surface area contributed by atoms with Crippen molar-refractivity contribution in [3.8, 4) is 0 Å². The second-order valence-corrected chi connectivity index (χ2v) is 6.67. The van der Waals surface area contributed by atoms with Crippen molar-refractivity contribution in [3.05, 3.63) is 35.4 Å². The lowest BCUT2D eigenvalue weighted by atomic mass is 9.94. The van der Waals surface area contributed by atoms with Gasteiger partial charge < -0.3 is 11.1 Å². The molecule has 1 aromatic rings. The molecule has 3 N–H and O–H groups in total. The van der Waals surface area contributed by atoms with Gasteiger partial charge in [-0.15, -0.1) is 0 Å². The van der Waals surface area contributed by atoms with Crippen molar-refractivity contribution in [3.63, 3.8) is 0 Å². The van der Waals surface area contributed by atoms with Crippen LogP contribution in [0.4, 0.5) is 0 Å². The lowest BCUT2D eigenvalue weighted by molar-refractivity contribution is -0.122. The first-order valence-corrected chi connectivity index (χ1v) is 8.10. The summed E-state index contributed by atoms with van der Waals surface area (Å²) in [5.41, 5.74) is 8.30. The number of benzene rings is 1. The van der Waals surface area contributed by atoms with E-state index in [9.17, 15) is 4.79 Å². The highest BCUT2D eigenvalue weighted by Crippen LogP contribution is 2.32. The largest absolute Gasteiger partial charge is 0.352 e. The van der Waals surface area contributed by atoms with Crippen molar-refractivity contribution in [2.75, 3.05) is 6.54 Å². The number of amides is 1. The molecule has 2 atom stereocenters. The van der Waals surface area contributed by atoms with Crippen LogP contribution in [0.2, 0.25) is 0 Å². The highest BCUT2D eigenvalue weighted by atomic mass is 16.1. The Morgan fingerprint density at radius 2 is 1.76 bits per heavy atom. The Hall–Kier alpha value is -1.35. The van der Waals surface area contributed by atoms with Crippen molar-refractivity contribution in [1.82, 2.24) is 5.32 Å². The minimum Gasteiger partial charge on any atom is -0.352 e. The number of hydrogen-bond acceptors (Lipinski definition) is 2. The molecule has 21 heavy (non-hydrogen) atoms. The fourth-order valence-electron chi connectivity index (χ4n) is 2.74. The molecule has 0 radical (unpaired) electrons. The van der Waals surface area contributed by atoms with Gasteiger partial charge in [0.2, 0.25) is 5.91 Å². The van der Waals surface area contributed by atoms with E-state index in [4.69, 9.17) is 5.73 Å². The number of rotatable bonds is 7. The van der Waals surface area contributed by atoms with Gasteiger partial charge in [-0.3, -0.25) is 4.79 Å². The standard InChI is InChI=1S/C18H28N2O/c1-12(2)14-4-6-15(7-5-14)13(3)10-18(21)20-17(11-19)16-8-9-16/h4-7,12-13,16-17H,8-11,19H2,1-3H3,(H,20,21). The molecule has 0 bridgehead atoms. The fourth-order valence-corrected chi connectivity index (χ4v) is 2.74. The van der Waals surface area contributed by atoms with E-state index in [0.717, 1.165) is 0 Å². The molecule has 1 aromatic carbocycles. The minimum absolute atomic E-state index is 0.123. The maximum atomic E-state index is 12.1. The highest BCUT2D eigenvalue weighted by molar-refractivity contribution is 5.77. The normalized spacial score (nSPS) is 17.6. The summed E-state index contributed by atoms with van der Waals surface area (Å²) in [6, 6.07) is 8.80. The molecule has 1 amide bonds. The Labute approximate surface area is 128 Å². The maximum Gasteiger partial charge on any atom is 0.220 e. The lowest BCUT2D eigenvalue weighted by Gasteiger charge is -2.18. The molecule has 2 rings (SSSR count). The summed E-state index contributed by atoms with van der Waals surface area (Å²) in [6.45, 7) is 7.04. The third-order valence-corrected chi connectivity index (χ3v) is 4.46. The monoisotopic (exact) mass is 288 g/mol. The van der Waals surface area contributed by atoms with E-state index in [2.05, 4.69) is 50.4 Å². The summed E-state index contributed by atoms with van der Waals surface area (Å²) < 4.78 is 0. The zero-order valence-corrected chi connectivity index (χ0v) is 13.4. The Bertz CT molecular complexity index is 463. The van der Waals surface area contributed by atoms with Crippen LogP contribution in [0.3, 0.4) is 0 Å². The van der Waals surface area contributed by atoms with Crippen LogP contribution in [-0.2, 0) is 4.79 Å². The third-order valence-electron chi connectivity index (χ3n) is 4.46. The molecular formula is C18H28N2O. The van der Waals surface area contributed by atoms with Crippen molar-refractivity contribution >= 4 is 5.91 Å². The summed E-state index contributed by atoms with van der Waals surface area (Å²) in [6.07, 6.45) is 2.94. The summed E-state index contributed by atoms with van der Waals surface area (Å²) in [4.78, 5) is 12.1. The molecule has 3 nitrogen and oxygen atoms in total. The molecule has 0 spiro atoms. The Morgan fingerprint density at radius 3 is 2.24 bits per heavy atom.